The van der Waals surface area contributed by atoms with Gasteiger partial charge >= 0.3 is 0 Å². The Morgan fingerprint density at radius 1 is 1.57 bits per heavy atom. The first-order valence-electron chi connectivity index (χ1n) is 5.94. The molecule has 0 saturated heterocycles. The first-order chi connectivity index (χ1) is 6.64. The summed E-state index contributed by atoms with van der Waals surface area (Å²) in [6.07, 6.45) is 10.3. The van der Waals surface area contributed by atoms with E-state index >= 15 is 0 Å². The number of rotatable bonds is 4. The van der Waals surface area contributed by atoms with Gasteiger partial charge in [-0.05, 0) is 55.8 Å². The molecule has 0 bridgehead atoms. The lowest BCUT2D eigenvalue weighted by Gasteiger charge is -2.25. The molecule has 0 spiro atoms. The average molecular weight is 190 g/mol. The molecule has 3 unspecified atom stereocenters. The second kappa shape index (κ2) is 3.56. The molecule has 0 heteroatoms. The van der Waals surface area contributed by atoms with Crippen molar-refractivity contribution < 1.29 is 0 Å². The number of hydrogen-bond donors (Lipinski definition) is 0. The fourth-order valence-corrected chi connectivity index (χ4v) is 2.99. The van der Waals surface area contributed by atoms with Gasteiger partial charge in [-0.1, -0.05) is 31.7 Å². The maximum Gasteiger partial charge on any atom is -0.0282 e. The molecule has 14 heavy (non-hydrogen) atoms. The van der Waals surface area contributed by atoms with E-state index in [1.54, 1.807) is 0 Å². The predicted octanol–water partition coefficient (Wildman–Crippen LogP) is 4.34. The normalized spacial score (nSPS) is 40.1. The largest absolute Gasteiger partial charge is 0.0988 e. The average Bonchev–Trinajstić information content (AvgIpc) is 2.85. The van der Waals surface area contributed by atoms with E-state index in [2.05, 4.69) is 20.1 Å². The monoisotopic (exact) mass is 190 g/mol. The van der Waals surface area contributed by atoms with Crippen molar-refractivity contribution in [2.75, 3.05) is 0 Å². The highest BCUT2D eigenvalue weighted by Crippen LogP contribution is 2.62. The van der Waals surface area contributed by atoms with Crippen LogP contribution in [0.25, 0.3) is 0 Å². The number of fused-ring (bicyclic) bond motifs is 1. The van der Waals surface area contributed by atoms with Crippen LogP contribution >= 0.6 is 0 Å². The Hall–Kier alpha value is -0.520. The molecule has 2 aliphatic rings. The smallest absolute Gasteiger partial charge is 0.0282 e. The Morgan fingerprint density at radius 2 is 2.36 bits per heavy atom. The van der Waals surface area contributed by atoms with E-state index in [1.165, 1.54) is 37.7 Å². The summed E-state index contributed by atoms with van der Waals surface area (Å²) in [5.41, 5.74) is 1.99. The third kappa shape index (κ3) is 1.94. The van der Waals surface area contributed by atoms with Crippen LogP contribution in [0.3, 0.4) is 0 Å². The van der Waals surface area contributed by atoms with E-state index in [-0.39, 0.29) is 0 Å². The van der Waals surface area contributed by atoms with Gasteiger partial charge in [0.15, 0.2) is 0 Å². The van der Waals surface area contributed by atoms with Crippen molar-refractivity contribution in [3.63, 3.8) is 0 Å². The van der Waals surface area contributed by atoms with E-state index in [0.29, 0.717) is 0 Å². The molecule has 0 amide bonds. The minimum absolute atomic E-state index is 0.770. The molecule has 2 fully saturated rings. The van der Waals surface area contributed by atoms with Gasteiger partial charge in [-0.25, -0.2) is 0 Å². The van der Waals surface area contributed by atoms with Crippen LogP contribution in [0.1, 0.15) is 45.4 Å². The summed E-state index contributed by atoms with van der Waals surface area (Å²) < 4.78 is 0. The van der Waals surface area contributed by atoms with Gasteiger partial charge in [0.05, 0.1) is 0 Å². The topological polar surface area (TPSA) is 0 Å². The minimum Gasteiger partial charge on any atom is -0.0988 e. The molecule has 0 aliphatic heterocycles. The summed E-state index contributed by atoms with van der Waals surface area (Å²) in [5, 5.41) is 0. The fourth-order valence-electron chi connectivity index (χ4n) is 2.99. The van der Waals surface area contributed by atoms with Crippen LogP contribution in [0.5, 0.6) is 0 Å². The van der Waals surface area contributed by atoms with Crippen molar-refractivity contribution in [3.8, 4) is 0 Å². The Kier molecular flexibility index (Phi) is 2.55. The summed E-state index contributed by atoms with van der Waals surface area (Å²) in [7, 11) is 0. The zero-order valence-corrected chi connectivity index (χ0v) is 9.39. The molecule has 2 saturated carbocycles. The highest BCUT2D eigenvalue weighted by atomic mass is 14.6. The highest BCUT2D eigenvalue weighted by molar-refractivity contribution is 5.11. The molecular weight excluding hydrogens is 168 g/mol. The summed E-state index contributed by atoms with van der Waals surface area (Å²) in [5.74, 6) is 2.05. The third-order valence-corrected chi connectivity index (χ3v) is 4.44. The van der Waals surface area contributed by atoms with E-state index in [1.807, 2.05) is 6.08 Å². The van der Waals surface area contributed by atoms with E-state index in [9.17, 15) is 0 Å². The molecule has 2 aliphatic carbocycles. The summed E-state index contributed by atoms with van der Waals surface area (Å²) >= 11 is 0. The van der Waals surface area contributed by atoms with Crippen molar-refractivity contribution in [2.45, 2.75) is 45.4 Å². The lowest BCUT2D eigenvalue weighted by Crippen LogP contribution is -2.13. The molecule has 0 radical (unpaired) electrons. The van der Waals surface area contributed by atoms with Crippen molar-refractivity contribution in [1.29, 1.82) is 0 Å². The van der Waals surface area contributed by atoms with Gasteiger partial charge in [0.2, 0.25) is 0 Å². The van der Waals surface area contributed by atoms with Gasteiger partial charge in [0.25, 0.3) is 0 Å². The van der Waals surface area contributed by atoms with E-state index in [0.717, 1.165) is 23.7 Å². The van der Waals surface area contributed by atoms with Crippen LogP contribution in [0.4, 0.5) is 0 Å². The van der Waals surface area contributed by atoms with Crippen molar-refractivity contribution in [2.24, 2.45) is 17.3 Å². The third-order valence-electron chi connectivity index (χ3n) is 4.44. The van der Waals surface area contributed by atoms with Gasteiger partial charge in [-0.15, -0.1) is 0 Å². The Morgan fingerprint density at radius 3 is 3.00 bits per heavy atom. The molecule has 0 aromatic carbocycles. The summed E-state index contributed by atoms with van der Waals surface area (Å²) in [4.78, 5) is 0. The summed E-state index contributed by atoms with van der Waals surface area (Å²) in [6, 6.07) is 0. The first-order valence-corrected chi connectivity index (χ1v) is 5.94. The molecule has 0 aromatic rings. The molecule has 0 aromatic heterocycles. The standard InChI is InChI=1S/C14H22/c1-4-11(2)5-6-12-7-8-14(3)10-13(14)9-12/h4,12-13H,1-2,5-10H2,3H3. The second-order valence-corrected chi connectivity index (χ2v) is 5.60. The van der Waals surface area contributed by atoms with Crippen LogP contribution in [-0.2, 0) is 0 Å². The second-order valence-electron chi connectivity index (χ2n) is 5.60. The summed E-state index contributed by atoms with van der Waals surface area (Å²) in [6.45, 7) is 10.2. The van der Waals surface area contributed by atoms with Gasteiger partial charge in [0.1, 0.15) is 0 Å². The molecule has 3 atom stereocenters. The van der Waals surface area contributed by atoms with Gasteiger partial charge < -0.3 is 0 Å². The Labute approximate surface area is 88.1 Å². The van der Waals surface area contributed by atoms with Crippen LogP contribution in [0, 0.1) is 17.3 Å². The van der Waals surface area contributed by atoms with Crippen LogP contribution in [0.15, 0.2) is 24.8 Å². The quantitative estimate of drug-likeness (QED) is 0.579. The predicted molar refractivity (Wildman–Crippen MR) is 62.1 cm³/mol. The number of hydrogen-bond acceptors (Lipinski definition) is 0. The maximum atomic E-state index is 3.98. The molecule has 0 heterocycles. The van der Waals surface area contributed by atoms with Gasteiger partial charge in [-0.3, -0.25) is 0 Å². The van der Waals surface area contributed by atoms with Crippen molar-refractivity contribution in [3.05, 3.63) is 24.8 Å². The minimum atomic E-state index is 0.770. The Bertz CT molecular complexity index is 251. The SMILES string of the molecule is C=CC(=C)CCC1CCC2(C)CC2C1. The highest BCUT2D eigenvalue weighted by Gasteiger charge is 2.52. The van der Waals surface area contributed by atoms with Crippen molar-refractivity contribution in [1.82, 2.24) is 0 Å². The van der Waals surface area contributed by atoms with Crippen LogP contribution in [0.2, 0.25) is 0 Å². The number of allylic oxidation sites excluding steroid dienone is 2. The van der Waals surface area contributed by atoms with Gasteiger partial charge in [0, 0.05) is 0 Å². The molecular formula is C14H22. The zero-order valence-electron chi connectivity index (χ0n) is 9.39. The molecule has 0 N–H and O–H groups in total. The molecule has 0 nitrogen and oxygen atoms in total. The maximum absolute atomic E-state index is 3.98. The molecule has 78 valence electrons. The fraction of sp³-hybridized carbons (Fsp3) is 0.714. The lowest BCUT2D eigenvalue weighted by atomic mass is 9.80. The zero-order chi connectivity index (χ0) is 10.2. The van der Waals surface area contributed by atoms with E-state index < -0.39 is 0 Å². The van der Waals surface area contributed by atoms with E-state index in [4.69, 9.17) is 0 Å². The first kappa shape index (κ1) is 10.0. The van der Waals surface area contributed by atoms with Crippen LogP contribution < -0.4 is 0 Å². The van der Waals surface area contributed by atoms with Gasteiger partial charge in [-0.2, -0.15) is 0 Å². The lowest BCUT2D eigenvalue weighted by molar-refractivity contribution is 0.268. The Balaban J connectivity index is 1.73. The van der Waals surface area contributed by atoms with Crippen molar-refractivity contribution >= 4 is 0 Å². The van der Waals surface area contributed by atoms with Crippen LogP contribution in [-0.4, -0.2) is 0 Å². The molecule has 2 rings (SSSR count).